The normalized spacial score (nSPS) is 23.9. The molecular formula is C20H28O2. The van der Waals surface area contributed by atoms with Crippen LogP contribution in [0.1, 0.15) is 46.1 Å². The summed E-state index contributed by atoms with van der Waals surface area (Å²) < 4.78 is 5.38. The molecular weight excluding hydrogens is 272 g/mol. The molecule has 1 aromatic rings. The van der Waals surface area contributed by atoms with E-state index < -0.39 is 5.60 Å². The summed E-state index contributed by atoms with van der Waals surface area (Å²) >= 11 is 0. The molecule has 0 saturated heterocycles. The zero-order chi connectivity index (χ0) is 16.4. The van der Waals surface area contributed by atoms with E-state index in [1.165, 1.54) is 12.0 Å². The predicted molar refractivity (Wildman–Crippen MR) is 92.0 cm³/mol. The first kappa shape index (κ1) is 16.8. The van der Waals surface area contributed by atoms with Crippen molar-refractivity contribution in [3.8, 4) is 5.75 Å². The number of allylic oxidation sites excluding steroid dienone is 3. The Morgan fingerprint density at radius 2 is 2.00 bits per heavy atom. The van der Waals surface area contributed by atoms with Gasteiger partial charge in [0.05, 0.1) is 7.11 Å². The number of aliphatic hydroxyl groups is 1. The van der Waals surface area contributed by atoms with E-state index in [0.717, 1.165) is 12.0 Å². The van der Waals surface area contributed by atoms with Crippen LogP contribution in [0.4, 0.5) is 0 Å². The number of hydrogen-bond donors (Lipinski definition) is 1. The van der Waals surface area contributed by atoms with Gasteiger partial charge in [0.25, 0.3) is 0 Å². The molecule has 0 heterocycles. The van der Waals surface area contributed by atoms with Crippen LogP contribution in [0.3, 0.4) is 0 Å². The quantitative estimate of drug-likeness (QED) is 0.806. The first-order valence-electron chi connectivity index (χ1n) is 8.00. The zero-order valence-corrected chi connectivity index (χ0v) is 14.4. The molecule has 2 unspecified atom stereocenters. The Kier molecular flexibility index (Phi) is 4.81. The number of para-hydroxylation sites is 1. The van der Waals surface area contributed by atoms with Gasteiger partial charge in [-0.2, -0.15) is 0 Å². The van der Waals surface area contributed by atoms with Crippen molar-refractivity contribution in [2.75, 3.05) is 7.11 Å². The summed E-state index contributed by atoms with van der Waals surface area (Å²) in [5.41, 5.74) is 1.37. The first-order valence-corrected chi connectivity index (χ1v) is 8.00. The van der Waals surface area contributed by atoms with Crippen molar-refractivity contribution in [3.63, 3.8) is 0 Å². The molecule has 2 rings (SSSR count). The molecule has 0 bridgehead atoms. The van der Waals surface area contributed by atoms with E-state index in [9.17, 15) is 5.11 Å². The Morgan fingerprint density at radius 1 is 1.32 bits per heavy atom. The third-order valence-corrected chi connectivity index (χ3v) is 4.85. The van der Waals surface area contributed by atoms with Gasteiger partial charge in [-0.15, -0.1) is 0 Å². The fourth-order valence-corrected chi connectivity index (χ4v) is 3.42. The van der Waals surface area contributed by atoms with Crippen LogP contribution in [0.5, 0.6) is 5.75 Å². The largest absolute Gasteiger partial charge is 0.496 e. The minimum atomic E-state index is -1.04. The van der Waals surface area contributed by atoms with E-state index in [0.29, 0.717) is 11.7 Å². The van der Waals surface area contributed by atoms with Crippen LogP contribution in [0.25, 0.3) is 0 Å². The van der Waals surface area contributed by atoms with E-state index in [4.69, 9.17) is 4.74 Å². The minimum Gasteiger partial charge on any atom is -0.496 e. The van der Waals surface area contributed by atoms with Gasteiger partial charge < -0.3 is 9.84 Å². The number of rotatable bonds is 4. The van der Waals surface area contributed by atoms with Crippen molar-refractivity contribution in [3.05, 3.63) is 53.6 Å². The fourth-order valence-electron chi connectivity index (χ4n) is 3.42. The first-order chi connectivity index (χ1) is 10.3. The second-order valence-corrected chi connectivity index (χ2v) is 7.16. The van der Waals surface area contributed by atoms with E-state index in [1.54, 1.807) is 7.11 Å². The SMILES string of the molecule is COc1ccccc1C(C)(O)/C=C/C1C(C)=CCCC1(C)C. The summed E-state index contributed by atoms with van der Waals surface area (Å²) in [7, 11) is 1.63. The van der Waals surface area contributed by atoms with Gasteiger partial charge in [-0.05, 0) is 38.2 Å². The lowest BCUT2D eigenvalue weighted by Crippen LogP contribution is -2.27. The van der Waals surface area contributed by atoms with Gasteiger partial charge in [0.1, 0.15) is 11.4 Å². The number of methoxy groups -OCH3 is 1. The van der Waals surface area contributed by atoms with Crippen LogP contribution in [0, 0.1) is 11.3 Å². The van der Waals surface area contributed by atoms with Crippen LogP contribution in [0.15, 0.2) is 48.1 Å². The molecule has 1 aliphatic carbocycles. The predicted octanol–water partition coefficient (Wildman–Crippen LogP) is 4.84. The maximum Gasteiger partial charge on any atom is 0.125 e. The summed E-state index contributed by atoms with van der Waals surface area (Å²) in [6.07, 6.45) is 8.72. The molecule has 0 fully saturated rings. The molecule has 0 aromatic heterocycles. The van der Waals surface area contributed by atoms with Crippen LogP contribution >= 0.6 is 0 Å². The van der Waals surface area contributed by atoms with Crippen molar-refractivity contribution < 1.29 is 9.84 Å². The highest BCUT2D eigenvalue weighted by Crippen LogP contribution is 2.42. The standard InChI is InChI=1S/C20H28O2/c1-15-9-8-13-19(2,3)16(15)12-14-20(4,21)17-10-6-7-11-18(17)22-5/h6-7,9-12,14,16,21H,8,13H2,1-5H3/b14-12+. The maximum absolute atomic E-state index is 10.9. The smallest absolute Gasteiger partial charge is 0.125 e. The maximum atomic E-state index is 10.9. The highest BCUT2D eigenvalue weighted by Gasteiger charge is 2.32. The van der Waals surface area contributed by atoms with Gasteiger partial charge in [-0.25, -0.2) is 0 Å². The second-order valence-electron chi connectivity index (χ2n) is 7.16. The average molecular weight is 300 g/mol. The fraction of sp³-hybridized carbons (Fsp3) is 0.500. The molecule has 1 N–H and O–H groups in total. The van der Waals surface area contributed by atoms with E-state index >= 15 is 0 Å². The van der Waals surface area contributed by atoms with Crippen molar-refractivity contribution in [2.45, 2.75) is 46.1 Å². The molecule has 1 aliphatic rings. The number of hydrogen-bond acceptors (Lipinski definition) is 2. The molecule has 0 amide bonds. The zero-order valence-electron chi connectivity index (χ0n) is 14.4. The molecule has 0 radical (unpaired) electrons. The van der Waals surface area contributed by atoms with Crippen LogP contribution in [-0.2, 0) is 5.60 Å². The van der Waals surface area contributed by atoms with Crippen molar-refractivity contribution in [1.29, 1.82) is 0 Å². The summed E-state index contributed by atoms with van der Waals surface area (Å²) in [5.74, 6) is 1.08. The summed E-state index contributed by atoms with van der Waals surface area (Å²) in [6.45, 7) is 8.61. The lowest BCUT2D eigenvalue weighted by Gasteiger charge is -2.37. The molecule has 120 valence electrons. The molecule has 0 saturated carbocycles. The topological polar surface area (TPSA) is 29.5 Å². The third-order valence-electron chi connectivity index (χ3n) is 4.85. The van der Waals surface area contributed by atoms with Crippen LogP contribution in [0.2, 0.25) is 0 Å². The van der Waals surface area contributed by atoms with Gasteiger partial charge in [0.15, 0.2) is 0 Å². The molecule has 22 heavy (non-hydrogen) atoms. The highest BCUT2D eigenvalue weighted by molar-refractivity contribution is 5.40. The molecule has 2 nitrogen and oxygen atoms in total. The molecule has 0 spiro atoms. The van der Waals surface area contributed by atoms with Gasteiger partial charge >= 0.3 is 0 Å². The Labute approximate surface area is 134 Å². The summed E-state index contributed by atoms with van der Waals surface area (Å²) in [4.78, 5) is 0. The lowest BCUT2D eigenvalue weighted by atomic mass is 9.68. The van der Waals surface area contributed by atoms with Gasteiger partial charge in [0.2, 0.25) is 0 Å². The summed E-state index contributed by atoms with van der Waals surface area (Å²) in [6, 6.07) is 7.64. The lowest BCUT2D eigenvalue weighted by molar-refractivity contribution is 0.106. The Balaban J connectivity index is 2.31. The van der Waals surface area contributed by atoms with Gasteiger partial charge in [-0.3, -0.25) is 0 Å². The van der Waals surface area contributed by atoms with Crippen molar-refractivity contribution in [1.82, 2.24) is 0 Å². The molecule has 2 atom stereocenters. The summed E-state index contributed by atoms with van der Waals surface area (Å²) in [5, 5.41) is 10.9. The number of ether oxygens (including phenoxy) is 1. The van der Waals surface area contributed by atoms with Crippen LogP contribution in [-0.4, -0.2) is 12.2 Å². The van der Waals surface area contributed by atoms with E-state index in [-0.39, 0.29) is 5.41 Å². The van der Waals surface area contributed by atoms with Crippen molar-refractivity contribution in [2.24, 2.45) is 11.3 Å². The number of benzene rings is 1. The molecule has 0 aliphatic heterocycles. The second kappa shape index (κ2) is 6.29. The van der Waals surface area contributed by atoms with Gasteiger partial charge in [0, 0.05) is 11.5 Å². The monoisotopic (exact) mass is 300 g/mol. The Bertz CT molecular complexity index is 579. The third kappa shape index (κ3) is 3.44. The Hall–Kier alpha value is -1.54. The van der Waals surface area contributed by atoms with Crippen LogP contribution < -0.4 is 4.74 Å². The minimum absolute atomic E-state index is 0.228. The molecule has 1 aromatic carbocycles. The Morgan fingerprint density at radius 3 is 2.64 bits per heavy atom. The average Bonchev–Trinajstić information content (AvgIpc) is 2.46. The highest BCUT2D eigenvalue weighted by atomic mass is 16.5. The van der Waals surface area contributed by atoms with Gasteiger partial charge in [-0.1, -0.05) is 55.8 Å². The van der Waals surface area contributed by atoms with Crippen molar-refractivity contribution >= 4 is 0 Å². The van der Waals surface area contributed by atoms with E-state index in [1.807, 2.05) is 37.3 Å². The molecule has 2 heteroatoms. The van der Waals surface area contributed by atoms with E-state index in [2.05, 4.69) is 32.9 Å².